The lowest BCUT2D eigenvalue weighted by Crippen LogP contribution is -2.39. The first-order valence-electron chi connectivity index (χ1n) is 16.7. The van der Waals surface area contributed by atoms with Crippen LogP contribution in [0.15, 0.2) is 18.2 Å². The maximum atomic E-state index is 13.8. The van der Waals surface area contributed by atoms with Gasteiger partial charge in [0.05, 0.1) is 19.8 Å². The molecule has 0 spiro atoms. The van der Waals surface area contributed by atoms with Crippen molar-refractivity contribution in [3.05, 3.63) is 34.9 Å². The number of phosphoric acid groups is 1. The minimum absolute atomic E-state index is 0.0612. The van der Waals surface area contributed by atoms with Crippen LogP contribution in [0.3, 0.4) is 0 Å². The summed E-state index contributed by atoms with van der Waals surface area (Å²) in [6.07, 6.45) is 11.4. The average Bonchev–Trinajstić information content (AvgIpc) is 3.32. The normalized spacial score (nSPS) is 22.9. The number of aryl methyl sites for hydroxylation is 1. The predicted octanol–water partition coefficient (Wildman–Crippen LogP) is 9.70. The molecule has 2 aliphatic rings. The molecule has 0 radical (unpaired) electrons. The predicted molar refractivity (Wildman–Crippen MR) is 182 cm³/mol. The second-order valence-electron chi connectivity index (χ2n) is 15.5. The Hall–Kier alpha value is -0.966. The standard InChI is InChI=1S/C33H60NO6PSi2/c1-8-9-10-11-12-27-13-14-29-24-30(16-15-28(29)23-27)31-17-18-33(25-31,40-32(34)35)26-39-41(36,37-19-21-42(2,3)4)38-20-22-43(5,6)7/h15-16,24,27,31H,8-14,17-23,25-26H2,1-7H3,(H2,34,35)/t27-,31+,33-/m1/s1. The molecule has 0 heterocycles. The molecule has 0 unspecified atom stereocenters. The van der Waals surface area contributed by atoms with E-state index in [1.807, 2.05) is 0 Å². The Bertz CT molecular complexity index is 1060. The van der Waals surface area contributed by atoms with Gasteiger partial charge in [-0.25, -0.2) is 9.36 Å². The third kappa shape index (κ3) is 12.7. The highest BCUT2D eigenvalue weighted by Crippen LogP contribution is 2.53. The van der Waals surface area contributed by atoms with E-state index in [2.05, 4.69) is 64.4 Å². The number of carbonyl (C=O) groups excluding carboxylic acids is 1. The van der Waals surface area contributed by atoms with Crippen LogP contribution in [0.2, 0.25) is 51.4 Å². The first kappa shape index (κ1) is 36.5. The summed E-state index contributed by atoms with van der Waals surface area (Å²) in [5.41, 5.74) is 8.82. The Balaban J connectivity index is 1.67. The van der Waals surface area contributed by atoms with Gasteiger partial charge in [0.1, 0.15) is 5.60 Å². The fraction of sp³-hybridized carbons (Fsp3) is 0.788. The van der Waals surface area contributed by atoms with Crippen LogP contribution in [0.1, 0.15) is 87.3 Å². The molecule has 0 aromatic heterocycles. The number of hydrogen-bond donors (Lipinski definition) is 1. The van der Waals surface area contributed by atoms with Crippen LogP contribution in [0, 0.1) is 5.92 Å². The Morgan fingerprint density at radius 3 is 2.23 bits per heavy atom. The number of hydrogen-bond acceptors (Lipinski definition) is 6. The van der Waals surface area contributed by atoms with E-state index in [0.717, 1.165) is 30.8 Å². The van der Waals surface area contributed by atoms with E-state index in [1.165, 1.54) is 61.6 Å². The van der Waals surface area contributed by atoms with E-state index in [0.29, 0.717) is 26.1 Å². The first-order chi connectivity index (χ1) is 20.1. The fourth-order valence-corrected chi connectivity index (χ4v) is 9.31. The van der Waals surface area contributed by atoms with Gasteiger partial charge in [-0.15, -0.1) is 0 Å². The highest BCUT2D eigenvalue weighted by atomic mass is 31.2. The molecule has 1 aromatic carbocycles. The van der Waals surface area contributed by atoms with Gasteiger partial charge < -0.3 is 10.5 Å². The summed E-state index contributed by atoms with van der Waals surface area (Å²) in [6, 6.07) is 8.65. The molecule has 1 aromatic rings. The van der Waals surface area contributed by atoms with E-state index in [-0.39, 0.29) is 12.5 Å². The molecule has 1 fully saturated rings. The summed E-state index contributed by atoms with van der Waals surface area (Å²) in [4.78, 5) is 12.0. The zero-order valence-electron chi connectivity index (χ0n) is 28.2. The average molecular weight is 654 g/mol. The summed E-state index contributed by atoms with van der Waals surface area (Å²) in [5.74, 6) is 1.01. The molecule has 3 atom stereocenters. The second-order valence-corrected chi connectivity index (χ2v) is 28.5. The van der Waals surface area contributed by atoms with Gasteiger partial charge in [0.15, 0.2) is 0 Å². The molecule has 7 nitrogen and oxygen atoms in total. The van der Waals surface area contributed by atoms with E-state index in [1.54, 1.807) is 0 Å². The van der Waals surface area contributed by atoms with Gasteiger partial charge in [-0.3, -0.25) is 13.6 Å². The maximum absolute atomic E-state index is 13.8. The summed E-state index contributed by atoms with van der Waals surface area (Å²) >= 11 is 0. The van der Waals surface area contributed by atoms with Gasteiger partial charge >= 0.3 is 13.9 Å². The molecule has 0 aliphatic heterocycles. The number of phosphoric ester groups is 1. The lowest BCUT2D eigenvalue weighted by Gasteiger charge is -2.30. The monoisotopic (exact) mass is 653 g/mol. The van der Waals surface area contributed by atoms with Crippen LogP contribution in [0.5, 0.6) is 0 Å². The molecule has 2 aliphatic carbocycles. The van der Waals surface area contributed by atoms with Crippen molar-refractivity contribution in [1.29, 1.82) is 0 Å². The molecule has 0 saturated heterocycles. The van der Waals surface area contributed by atoms with Crippen molar-refractivity contribution < 1.29 is 27.7 Å². The van der Waals surface area contributed by atoms with Gasteiger partial charge in [-0.05, 0) is 79.1 Å². The zero-order chi connectivity index (χ0) is 31.7. The largest absolute Gasteiger partial charge is 0.474 e. The third-order valence-electron chi connectivity index (χ3n) is 9.07. The van der Waals surface area contributed by atoms with E-state index < -0.39 is 35.7 Å². The lowest BCUT2D eigenvalue weighted by atomic mass is 9.79. The summed E-state index contributed by atoms with van der Waals surface area (Å²) in [5, 5.41) is 0. The fourth-order valence-electron chi connectivity index (χ4n) is 6.29. The van der Waals surface area contributed by atoms with Gasteiger partial charge in [-0.1, -0.05) is 96.5 Å². The van der Waals surface area contributed by atoms with Crippen molar-refractivity contribution in [2.45, 2.75) is 140 Å². The molecule has 2 N–H and O–H groups in total. The highest BCUT2D eigenvalue weighted by molar-refractivity contribution is 7.48. The Kier molecular flexibility index (Phi) is 13.6. The van der Waals surface area contributed by atoms with Crippen molar-refractivity contribution in [1.82, 2.24) is 0 Å². The molecule has 43 heavy (non-hydrogen) atoms. The molecule has 10 heteroatoms. The smallest absolute Gasteiger partial charge is 0.441 e. The van der Waals surface area contributed by atoms with Crippen molar-refractivity contribution in [3.8, 4) is 0 Å². The number of rotatable bonds is 18. The van der Waals surface area contributed by atoms with Crippen molar-refractivity contribution in [3.63, 3.8) is 0 Å². The summed E-state index contributed by atoms with van der Waals surface area (Å²) < 4.78 is 37.2. The van der Waals surface area contributed by atoms with E-state index >= 15 is 0 Å². The molecule has 1 saturated carbocycles. The zero-order valence-corrected chi connectivity index (χ0v) is 31.1. The van der Waals surface area contributed by atoms with Crippen LogP contribution in [-0.2, 0) is 35.7 Å². The summed E-state index contributed by atoms with van der Waals surface area (Å²) in [6.45, 7) is 16.3. The maximum Gasteiger partial charge on any atom is 0.474 e. The number of primary amides is 1. The SMILES string of the molecule is CCCCCC[C@@H]1CCc2cc([C@H]3CC[C@@](COP(=O)(OCC[Si](C)(C)C)OCC[Si](C)(C)C)(OC(N)=O)C3)ccc2C1. The second kappa shape index (κ2) is 16.0. The number of amides is 1. The van der Waals surface area contributed by atoms with E-state index in [4.69, 9.17) is 24.0 Å². The quantitative estimate of drug-likeness (QED) is 0.0963. The van der Waals surface area contributed by atoms with Gasteiger partial charge in [0.2, 0.25) is 0 Å². The number of ether oxygens (including phenoxy) is 1. The summed E-state index contributed by atoms with van der Waals surface area (Å²) in [7, 11) is -6.66. The Morgan fingerprint density at radius 1 is 0.953 bits per heavy atom. The van der Waals surface area contributed by atoms with Crippen LogP contribution in [0.25, 0.3) is 0 Å². The Morgan fingerprint density at radius 2 is 1.63 bits per heavy atom. The molecule has 3 rings (SSSR count). The molecular formula is C33H60NO6PSi2. The van der Waals surface area contributed by atoms with Crippen LogP contribution in [0.4, 0.5) is 4.79 Å². The minimum Gasteiger partial charge on any atom is -0.441 e. The lowest BCUT2D eigenvalue weighted by molar-refractivity contribution is -0.0270. The van der Waals surface area contributed by atoms with Crippen molar-refractivity contribution >= 4 is 30.1 Å². The van der Waals surface area contributed by atoms with Crippen molar-refractivity contribution in [2.75, 3.05) is 19.8 Å². The third-order valence-corrected chi connectivity index (χ3v) is 13.9. The molecule has 246 valence electrons. The van der Waals surface area contributed by atoms with E-state index in [9.17, 15) is 9.36 Å². The highest BCUT2D eigenvalue weighted by Gasteiger charge is 2.45. The number of nitrogens with two attached hydrogens (primary N) is 1. The van der Waals surface area contributed by atoms with Crippen LogP contribution < -0.4 is 5.73 Å². The first-order valence-corrected chi connectivity index (χ1v) is 25.6. The van der Waals surface area contributed by atoms with Gasteiger partial charge in [0.25, 0.3) is 0 Å². The molecular weight excluding hydrogens is 594 g/mol. The number of unbranched alkanes of at least 4 members (excludes halogenated alkanes) is 3. The number of benzene rings is 1. The topological polar surface area (TPSA) is 97.1 Å². The van der Waals surface area contributed by atoms with Gasteiger partial charge in [-0.2, -0.15) is 0 Å². The Labute approximate surface area is 264 Å². The van der Waals surface area contributed by atoms with Crippen LogP contribution >= 0.6 is 7.82 Å². The van der Waals surface area contributed by atoms with Crippen molar-refractivity contribution in [2.24, 2.45) is 11.7 Å². The molecule has 1 amide bonds. The van der Waals surface area contributed by atoms with Crippen LogP contribution in [-0.4, -0.2) is 47.7 Å². The molecule has 0 bridgehead atoms. The number of carbonyl (C=O) groups is 1. The number of fused-ring (bicyclic) bond motifs is 1. The van der Waals surface area contributed by atoms with Gasteiger partial charge in [0, 0.05) is 16.1 Å². The minimum atomic E-state index is -3.84.